The molecule has 16 heavy (non-hydrogen) atoms. The maximum Gasteiger partial charge on any atom is 0.255 e. The number of halogens is 1. The molecule has 2 aromatic carbocycles. The summed E-state index contributed by atoms with van der Waals surface area (Å²) < 4.78 is 6.25. The summed E-state index contributed by atoms with van der Waals surface area (Å²) in [5, 5.41) is 2.17. The summed E-state index contributed by atoms with van der Waals surface area (Å²) in [6, 6.07) is 11.6. The molecule has 82 valence electrons. The molecule has 0 bridgehead atoms. The first kappa shape index (κ1) is 11.0. The van der Waals surface area contributed by atoms with Gasteiger partial charge >= 0.3 is 0 Å². The molecular formula is C12H10BrNO2. The van der Waals surface area contributed by atoms with E-state index in [1.807, 2.05) is 36.4 Å². The van der Waals surface area contributed by atoms with E-state index in [0.29, 0.717) is 5.75 Å². The second-order valence-electron chi connectivity index (χ2n) is 3.41. The van der Waals surface area contributed by atoms with Crippen molar-refractivity contribution < 1.29 is 9.53 Å². The van der Waals surface area contributed by atoms with E-state index in [1.165, 1.54) is 0 Å². The lowest BCUT2D eigenvalue weighted by atomic mass is 10.1. The molecule has 0 fully saturated rings. The molecule has 0 unspecified atom stereocenters. The van der Waals surface area contributed by atoms with E-state index in [9.17, 15) is 4.79 Å². The molecule has 0 aromatic heterocycles. The summed E-state index contributed by atoms with van der Waals surface area (Å²) in [6.07, 6.45) is 0. The topological polar surface area (TPSA) is 52.3 Å². The SMILES string of the molecule is NC(=O)COc1ccc2cc(Br)ccc2c1. The smallest absolute Gasteiger partial charge is 0.255 e. The molecule has 0 aliphatic carbocycles. The number of ether oxygens (including phenoxy) is 1. The van der Waals surface area contributed by atoms with Gasteiger partial charge in [0.1, 0.15) is 5.75 Å². The van der Waals surface area contributed by atoms with Gasteiger partial charge in [-0.05, 0) is 35.0 Å². The van der Waals surface area contributed by atoms with E-state index in [2.05, 4.69) is 15.9 Å². The number of carbonyl (C=O) groups excluding carboxylic acids is 1. The molecular weight excluding hydrogens is 270 g/mol. The molecule has 0 aliphatic rings. The van der Waals surface area contributed by atoms with E-state index in [0.717, 1.165) is 15.2 Å². The first-order valence-corrected chi connectivity index (χ1v) is 5.55. The van der Waals surface area contributed by atoms with Crippen LogP contribution in [0.15, 0.2) is 40.9 Å². The minimum absolute atomic E-state index is 0.0952. The van der Waals surface area contributed by atoms with Crippen molar-refractivity contribution in [3.63, 3.8) is 0 Å². The van der Waals surface area contributed by atoms with Crippen molar-refractivity contribution in [1.82, 2.24) is 0 Å². The Balaban J connectivity index is 2.30. The first-order valence-electron chi connectivity index (χ1n) is 4.75. The first-order chi connectivity index (χ1) is 7.65. The third kappa shape index (κ3) is 2.52. The summed E-state index contributed by atoms with van der Waals surface area (Å²) in [4.78, 5) is 10.6. The van der Waals surface area contributed by atoms with Crippen LogP contribution in [0.3, 0.4) is 0 Å². The predicted molar refractivity (Wildman–Crippen MR) is 66.3 cm³/mol. The fourth-order valence-electron chi connectivity index (χ4n) is 1.44. The van der Waals surface area contributed by atoms with Crippen LogP contribution in [-0.4, -0.2) is 12.5 Å². The van der Waals surface area contributed by atoms with E-state index in [1.54, 1.807) is 0 Å². The average Bonchev–Trinajstić information content (AvgIpc) is 2.26. The Bertz CT molecular complexity index is 540. The third-order valence-electron chi connectivity index (χ3n) is 2.15. The summed E-state index contributed by atoms with van der Waals surface area (Å²) >= 11 is 3.41. The van der Waals surface area contributed by atoms with Crippen molar-refractivity contribution in [3.05, 3.63) is 40.9 Å². The highest BCUT2D eigenvalue weighted by atomic mass is 79.9. The molecule has 3 nitrogen and oxygen atoms in total. The van der Waals surface area contributed by atoms with Crippen molar-refractivity contribution in [2.45, 2.75) is 0 Å². The molecule has 2 rings (SSSR count). The molecule has 0 spiro atoms. The highest BCUT2D eigenvalue weighted by molar-refractivity contribution is 9.10. The number of hydrogen-bond acceptors (Lipinski definition) is 2. The Morgan fingerprint density at radius 3 is 2.62 bits per heavy atom. The lowest BCUT2D eigenvalue weighted by molar-refractivity contribution is -0.119. The van der Waals surface area contributed by atoms with Gasteiger partial charge in [-0.25, -0.2) is 0 Å². The van der Waals surface area contributed by atoms with E-state index in [4.69, 9.17) is 10.5 Å². The Morgan fingerprint density at radius 1 is 1.19 bits per heavy atom. The minimum atomic E-state index is -0.476. The summed E-state index contributed by atoms with van der Waals surface area (Å²) in [6.45, 7) is -0.0952. The van der Waals surface area contributed by atoms with Gasteiger partial charge in [0.05, 0.1) is 0 Å². The van der Waals surface area contributed by atoms with Crippen LogP contribution < -0.4 is 10.5 Å². The number of hydrogen-bond donors (Lipinski definition) is 1. The molecule has 0 saturated carbocycles. The number of benzene rings is 2. The van der Waals surface area contributed by atoms with Gasteiger partial charge in [0.15, 0.2) is 6.61 Å². The van der Waals surface area contributed by atoms with Crippen LogP contribution in [0.2, 0.25) is 0 Å². The minimum Gasteiger partial charge on any atom is -0.484 e. The Morgan fingerprint density at radius 2 is 1.88 bits per heavy atom. The van der Waals surface area contributed by atoms with Gasteiger partial charge in [-0.3, -0.25) is 4.79 Å². The lowest BCUT2D eigenvalue weighted by Crippen LogP contribution is -2.19. The Kier molecular flexibility index (Phi) is 3.10. The highest BCUT2D eigenvalue weighted by Crippen LogP contribution is 2.23. The largest absolute Gasteiger partial charge is 0.484 e. The molecule has 4 heteroatoms. The number of carbonyl (C=O) groups is 1. The van der Waals surface area contributed by atoms with Gasteiger partial charge in [0.2, 0.25) is 0 Å². The molecule has 0 atom stereocenters. The number of nitrogens with two attached hydrogens (primary N) is 1. The maximum absolute atomic E-state index is 10.6. The van der Waals surface area contributed by atoms with Crippen LogP contribution in [0.1, 0.15) is 0 Å². The Labute approximate surface area is 101 Å². The van der Waals surface area contributed by atoms with Crippen LogP contribution >= 0.6 is 15.9 Å². The molecule has 0 radical (unpaired) electrons. The standard InChI is InChI=1S/C12H10BrNO2/c13-10-3-1-9-6-11(16-7-12(14)15)4-2-8(9)5-10/h1-6H,7H2,(H2,14,15). The van der Waals surface area contributed by atoms with Gasteiger partial charge in [-0.15, -0.1) is 0 Å². The molecule has 2 N–H and O–H groups in total. The second kappa shape index (κ2) is 4.53. The normalized spacial score (nSPS) is 10.3. The monoisotopic (exact) mass is 279 g/mol. The second-order valence-corrected chi connectivity index (χ2v) is 4.32. The van der Waals surface area contributed by atoms with Crippen LogP contribution in [0, 0.1) is 0 Å². The van der Waals surface area contributed by atoms with E-state index < -0.39 is 5.91 Å². The maximum atomic E-state index is 10.6. The van der Waals surface area contributed by atoms with Gasteiger partial charge in [-0.1, -0.05) is 28.1 Å². The number of primary amides is 1. The van der Waals surface area contributed by atoms with Gasteiger partial charge < -0.3 is 10.5 Å². The zero-order valence-corrected chi connectivity index (χ0v) is 10.0. The summed E-state index contributed by atoms with van der Waals surface area (Å²) in [5.41, 5.74) is 5.00. The zero-order valence-electron chi connectivity index (χ0n) is 8.44. The van der Waals surface area contributed by atoms with Gasteiger partial charge in [0, 0.05) is 4.47 Å². The van der Waals surface area contributed by atoms with Crippen LogP contribution in [-0.2, 0) is 4.79 Å². The molecule has 0 saturated heterocycles. The van der Waals surface area contributed by atoms with Crippen molar-refractivity contribution in [2.75, 3.05) is 6.61 Å². The Hall–Kier alpha value is -1.55. The lowest BCUT2D eigenvalue weighted by Gasteiger charge is -2.05. The van der Waals surface area contributed by atoms with Crippen LogP contribution in [0.5, 0.6) is 5.75 Å². The van der Waals surface area contributed by atoms with Gasteiger partial charge in [0.25, 0.3) is 5.91 Å². The average molecular weight is 280 g/mol. The fraction of sp³-hybridized carbons (Fsp3) is 0.0833. The highest BCUT2D eigenvalue weighted by Gasteiger charge is 2.00. The zero-order chi connectivity index (χ0) is 11.5. The summed E-state index contributed by atoms with van der Waals surface area (Å²) in [5.74, 6) is 0.171. The predicted octanol–water partition coefficient (Wildman–Crippen LogP) is 2.47. The molecule has 0 aliphatic heterocycles. The quantitative estimate of drug-likeness (QED) is 0.939. The third-order valence-corrected chi connectivity index (χ3v) is 2.65. The summed E-state index contributed by atoms with van der Waals surface area (Å²) in [7, 11) is 0. The van der Waals surface area contributed by atoms with Crippen molar-refractivity contribution in [3.8, 4) is 5.75 Å². The number of amides is 1. The molecule has 0 heterocycles. The van der Waals surface area contributed by atoms with Crippen LogP contribution in [0.25, 0.3) is 10.8 Å². The van der Waals surface area contributed by atoms with Crippen molar-refractivity contribution in [2.24, 2.45) is 5.73 Å². The van der Waals surface area contributed by atoms with E-state index >= 15 is 0 Å². The number of rotatable bonds is 3. The molecule has 2 aromatic rings. The fourth-order valence-corrected chi connectivity index (χ4v) is 1.82. The number of fused-ring (bicyclic) bond motifs is 1. The van der Waals surface area contributed by atoms with E-state index in [-0.39, 0.29) is 6.61 Å². The van der Waals surface area contributed by atoms with Gasteiger partial charge in [-0.2, -0.15) is 0 Å². The van der Waals surface area contributed by atoms with Crippen molar-refractivity contribution in [1.29, 1.82) is 0 Å². The van der Waals surface area contributed by atoms with Crippen LogP contribution in [0.4, 0.5) is 0 Å². The van der Waals surface area contributed by atoms with Crippen molar-refractivity contribution >= 4 is 32.6 Å². The molecule has 1 amide bonds.